The Labute approximate surface area is 367 Å². The van der Waals surface area contributed by atoms with Gasteiger partial charge >= 0.3 is 6.09 Å². The van der Waals surface area contributed by atoms with Crippen molar-refractivity contribution in [2.45, 2.75) is 85.1 Å². The highest BCUT2D eigenvalue weighted by Crippen LogP contribution is 2.47. The Bertz CT molecular complexity index is 2400. The van der Waals surface area contributed by atoms with E-state index < -0.39 is 6.09 Å². The van der Waals surface area contributed by atoms with E-state index in [4.69, 9.17) is 9.72 Å². The van der Waals surface area contributed by atoms with Crippen LogP contribution >= 0.6 is 0 Å². The number of likely N-dealkylation sites (N-methyl/N-ethyl adjacent to an activating group) is 1. The van der Waals surface area contributed by atoms with Gasteiger partial charge in [0.1, 0.15) is 11.5 Å². The normalized spacial score (nSPS) is 17.0. The van der Waals surface area contributed by atoms with Crippen molar-refractivity contribution in [3.63, 3.8) is 0 Å². The molecule has 322 valence electrons. The van der Waals surface area contributed by atoms with Crippen LogP contribution in [-0.4, -0.2) is 75.0 Å². The van der Waals surface area contributed by atoms with Crippen molar-refractivity contribution in [1.29, 1.82) is 0 Å². The second kappa shape index (κ2) is 20.3. The number of nitrogens with zero attached hydrogens (tertiary/aromatic N) is 6. The number of rotatable bonds is 15. The second-order valence-corrected chi connectivity index (χ2v) is 17.2. The predicted molar refractivity (Wildman–Crippen MR) is 247 cm³/mol. The lowest BCUT2D eigenvalue weighted by atomic mass is 9.73. The molecule has 3 heterocycles. The first kappa shape index (κ1) is 44.1. The zero-order chi connectivity index (χ0) is 43.8. The monoisotopic (exact) mass is 832 g/mol. The third-order valence-corrected chi connectivity index (χ3v) is 12.3. The van der Waals surface area contributed by atoms with Gasteiger partial charge in [-0.1, -0.05) is 80.0 Å². The minimum Gasteiger partial charge on any atom is -0.507 e. The number of aromatic nitrogens is 3. The zero-order valence-corrected chi connectivity index (χ0v) is 36.9. The number of pyridine rings is 1. The fourth-order valence-electron chi connectivity index (χ4n) is 8.63. The molecule has 0 radical (unpaired) electrons. The number of carbonyl (C=O) groups is 2. The molecule has 0 spiro atoms. The van der Waals surface area contributed by atoms with Gasteiger partial charge in [-0.25, -0.2) is 19.7 Å². The minimum absolute atomic E-state index is 0.0298. The molecular formula is C52H60N6O4. The number of unbranched alkanes of at least 4 members (excludes halogenated alkanes) is 2. The molecule has 1 aliphatic heterocycles. The summed E-state index contributed by atoms with van der Waals surface area (Å²) in [6.07, 6.45) is 12.1. The molecule has 1 saturated heterocycles. The summed E-state index contributed by atoms with van der Waals surface area (Å²) in [6, 6.07) is 22.8. The molecule has 2 aromatic heterocycles. The van der Waals surface area contributed by atoms with Crippen molar-refractivity contribution >= 4 is 23.5 Å². The number of ketones is 1. The number of Topliss-reactive ketones (excluding diaryl/α,β-unsaturated/α-hetero) is 1. The number of hydrogen-bond donors (Lipinski definition) is 1. The smallest absolute Gasteiger partial charge is 0.426 e. The summed E-state index contributed by atoms with van der Waals surface area (Å²) in [5.74, 6) is 0.249. The Morgan fingerprint density at radius 3 is 2.44 bits per heavy atom. The van der Waals surface area contributed by atoms with E-state index in [1.54, 1.807) is 24.7 Å². The highest BCUT2D eigenvalue weighted by atomic mass is 16.6. The van der Waals surface area contributed by atoms with Crippen LogP contribution in [0.2, 0.25) is 0 Å². The van der Waals surface area contributed by atoms with Gasteiger partial charge in [0.05, 0.1) is 11.4 Å². The average molecular weight is 833 g/mol. The number of ether oxygens (including phenoxy) is 1. The first-order valence-electron chi connectivity index (χ1n) is 22.0. The van der Waals surface area contributed by atoms with Crippen molar-refractivity contribution in [1.82, 2.24) is 24.8 Å². The number of allylic oxidation sites excluding steroid dienone is 3. The van der Waals surface area contributed by atoms with Crippen LogP contribution in [0.3, 0.4) is 0 Å². The van der Waals surface area contributed by atoms with E-state index in [0.717, 1.165) is 99.1 Å². The number of phenolic OH excluding ortho intramolecular Hbond substituents is 1. The van der Waals surface area contributed by atoms with Gasteiger partial charge in [0.15, 0.2) is 5.78 Å². The Morgan fingerprint density at radius 1 is 0.935 bits per heavy atom. The molecule has 5 aromatic rings. The number of anilines is 2. The fraction of sp³-hybridized carbons (Fsp3) is 0.365. The van der Waals surface area contributed by atoms with Crippen molar-refractivity contribution in [2.75, 3.05) is 38.1 Å². The van der Waals surface area contributed by atoms with E-state index in [1.165, 1.54) is 16.0 Å². The van der Waals surface area contributed by atoms with Gasteiger partial charge in [-0.3, -0.25) is 14.7 Å². The first-order chi connectivity index (χ1) is 30.0. The number of benzene rings is 3. The maximum absolute atomic E-state index is 15.1. The number of aryl methyl sites for hydroxylation is 2. The fourth-order valence-corrected chi connectivity index (χ4v) is 8.63. The molecule has 2 atom stereocenters. The van der Waals surface area contributed by atoms with Gasteiger partial charge in [0, 0.05) is 80.3 Å². The molecule has 1 amide bonds. The van der Waals surface area contributed by atoms with E-state index in [0.29, 0.717) is 22.5 Å². The molecular weight excluding hydrogens is 773 g/mol. The summed E-state index contributed by atoms with van der Waals surface area (Å²) in [5.41, 5.74) is 8.75. The van der Waals surface area contributed by atoms with Crippen molar-refractivity contribution < 1.29 is 19.4 Å². The Morgan fingerprint density at radius 2 is 1.71 bits per heavy atom. The maximum Gasteiger partial charge on any atom is 0.426 e. The Balaban J connectivity index is 1.25. The molecule has 1 fully saturated rings. The number of aromatic hydroxyl groups is 1. The zero-order valence-electron chi connectivity index (χ0n) is 36.9. The van der Waals surface area contributed by atoms with E-state index >= 15 is 4.79 Å². The van der Waals surface area contributed by atoms with Gasteiger partial charge < -0.3 is 14.7 Å². The third kappa shape index (κ3) is 10.7. The van der Waals surface area contributed by atoms with Gasteiger partial charge in [0.2, 0.25) is 5.95 Å². The molecule has 3 aromatic carbocycles. The molecule has 2 unspecified atom stereocenters. The largest absolute Gasteiger partial charge is 0.507 e. The second-order valence-electron chi connectivity index (χ2n) is 17.2. The van der Waals surface area contributed by atoms with Crippen LogP contribution in [0.4, 0.5) is 16.4 Å². The molecule has 2 aliphatic rings. The predicted octanol–water partition coefficient (Wildman–Crippen LogP) is 10.8. The van der Waals surface area contributed by atoms with E-state index in [-0.39, 0.29) is 41.5 Å². The minimum atomic E-state index is -0.745. The average Bonchev–Trinajstić information content (AvgIpc) is 3.26. The lowest BCUT2D eigenvalue weighted by molar-refractivity contribution is 0.0993. The van der Waals surface area contributed by atoms with Crippen LogP contribution in [0.25, 0.3) is 11.3 Å². The number of piperazine rings is 1. The van der Waals surface area contributed by atoms with Crippen molar-refractivity contribution in [3.05, 3.63) is 149 Å². The molecule has 1 aliphatic carbocycles. The van der Waals surface area contributed by atoms with Crippen molar-refractivity contribution in [2.24, 2.45) is 5.92 Å². The van der Waals surface area contributed by atoms with Gasteiger partial charge in [-0.05, 0) is 118 Å². The van der Waals surface area contributed by atoms with Crippen LogP contribution in [0.5, 0.6) is 11.5 Å². The number of hydrogen-bond acceptors (Lipinski definition) is 9. The summed E-state index contributed by atoms with van der Waals surface area (Å²) >= 11 is 0. The van der Waals surface area contributed by atoms with Crippen LogP contribution in [0.15, 0.2) is 115 Å². The van der Waals surface area contributed by atoms with Gasteiger partial charge in [-0.15, -0.1) is 0 Å². The van der Waals surface area contributed by atoms with Crippen molar-refractivity contribution in [3.8, 4) is 22.8 Å². The van der Waals surface area contributed by atoms with Crippen LogP contribution in [0, 0.1) is 12.8 Å². The van der Waals surface area contributed by atoms with E-state index in [1.807, 2.05) is 80.6 Å². The van der Waals surface area contributed by atoms with Gasteiger partial charge in [0.25, 0.3) is 0 Å². The maximum atomic E-state index is 15.1. The third-order valence-electron chi connectivity index (χ3n) is 12.3. The quantitative estimate of drug-likeness (QED) is 0.0626. The van der Waals surface area contributed by atoms with Gasteiger partial charge in [-0.2, -0.15) is 0 Å². The molecule has 10 nitrogen and oxygen atoms in total. The number of phenols is 1. The van der Waals surface area contributed by atoms with Crippen LogP contribution < -0.4 is 9.64 Å². The SMILES string of the molecule is C=C(C)C1CCC(C)=CC1c1c(O)cc(CCCCC)cc1OC(=O)N(c1nccc(-c2cccnc2)n1)c1cc(CC(=O)c2ccc(CN3CCN(C)CC3)cc2)ccc1C. The van der Waals surface area contributed by atoms with E-state index in [2.05, 4.69) is 53.3 Å². The topological polar surface area (TPSA) is 112 Å². The van der Waals surface area contributed by atoms with E-state index in [9.17, 15) is 9.90 Å². The Hall–Kier alpha value is -5.97. The van der Waals surface area contributed by atoms with Crippen LogP contribution in [0.1, 0.15) is 97.0 Å². The first-order valence-corrected chi connectivity index (χ1v) is 22.0. The van der Waals surface area contributed by atoms with Crippen LogP contribution in [-0.2, 0) is 19.4 Å². The summed E-state index contributed by atoms with van der Waals surface area (Å²) in [5, 5.41) is 11.8. The molecule has 0 bridgehead atoms. The Kier molecular flexibility index (Phi) is 14.4. The summed E-state index contributed by atoms with van der Waals surface area (Å²) in [7, 11) is 2.15. The lowest BCUT2D eigenvalue weighted by Crippen LogP contribution is -2.43. The summed E-state index contributed by atoms with van der Waals surface area (Å²) in [4.78, 5) is 48.9. The lowest BCUT2D eigenvalue weighted by Gasteiger charge is -2.32. The highest BCUT2D eigenvalue weighted by Gasteiger charge is 2.33. The molecule has 1 N–H and O–H groups in total. The number of carbonyl (C=O) groups excluding carboxylic acids is 2. The highest BCUT2D eigenvalue weighted by molar-refractivity contribution is 5.99. The molecule has 10 heteroatoms. The number of amides is 1. The molecule has 62 heavy (non-hydrogen) atoms. The standard InChI is InChI=1S/C52H60N6O4/c1-7-8-9-11-39-31-48(60)50(44-28-36(4)13-20-43(44)35(2)3)49(32-39)62-52(61)58(51-54-23-21-45(55-51)42-12-10-22-53-33-42)46-29-40(15-14-37(46)5)30-47(59)41-18-16-38(17-19-41)34-57-26-24-56(6)25-27-57/h10,12,14-19,21-23,28-29,31-33,43-44,60H,2,7-9,11,13,20,24-27,30,34H2,1,3-6H3. The molecule has 0 saturated carbocycles. The summed E-state index contributed by atoms with van der Waals surface area (Å²) < 4.78 is 6.53. The molecule has 7 rings (SSSR count). The summed E-state index contributed by atoms with van der Waals surface area (Å²) in [6.45, 7) is 17.5.